The smallest absolute Gasteiger partial charge is 0.174 e. The van der Waals surface area contributed by atoms with Gasteiger partial charge in [-0.3, -0.25) is 14.5 Å². The summed E-state index contributed by atoms with van der Waals surface area (Å²) in [4.78, 5) is 12.3. The van der Waals surface area contributed by atoms with Gasteiger partial charge in [0.05, 0.1) is 16.7 Å². The summed E-state index contributed by atoms with van der Waals surface area (Å²) in [7, 11) is 0. The number of benzene rings is 3. The topological polar surface area (TPSA) is 34.0 Å². The molecule has 0 N–H and O–H groups in total. The molecule has 2 aromatic heterocycles. The number of piperidine rings is 1. The van der Waals surface area contributed by atoms with E-state index in [0.29, 0.717) is 0 Å². The maximum Gasteiger partial charge on any atom is 0.174 e. The largest absolute Gasteiger partial charge is 0.299 e. The molecule has 0 spiro atoms. The van der Waals surface area contributed by atoms with Gasteiger partial charge >= 0.3 is 0 Å². The van der Waals surface area contributed by atoms with Crippen LogP contribution in [0, 0.1) is 13.8 Å². The summed E-state index contributed by atoms with van der Waals surface area (Å²) in [6.45, 7) is 8.71. The molecule has 0 amide bonds. The lowest BCUT2D eigenvalue weighted by Crippen LogP contribution is -2.33. The minimum absolute atomic E-state index is 0.281. The zero-order valence-electron chi connectivity index (χ0n) is 21.8. The second-order valence-corrected chi connectivity index (χ2v) is 10.4. The monoisotopic (exact) mass is 492 g/mol. The fourth-order valence-corrected chi connectivity index (χ4v) is 5.92. The first-order chi connectivity index (χ1) is 18.0. The number of pyridine rings is 1. The Morgan fingerprint density at radius 2 is 1.68 bits per heavy atom. The first kappa shape index (κ1) is 23.8. The van der Waals surface area contributed by atoms with Gasteiger partial charge in [0.2, 0.25) is 0 Å². The van der Waals surface area contributed by atoms with Gasteiger partial charge in [-0.2, -0.15) is 0 Å². The molecule has 37 heavy (non-hydrogen) atoms. The second kappa shape index (κ2) is 9.71. The summed E-state index contributed by atoms with van der Waals surface area (Å²) < 4.78 is 16.4. The van der Waals surface area contributed by atoms with Gasteiger partial charge in [0.1, 0.15) is 5.82 Å². The fourth-order valence-electron chi connectivity index (χ4n) is 5.92. The lowest BCUT2D eigenvalue weighted by Gasteiger charge is -2.32. The van der Waals surface area contributed by atoms with Crippen molar-refractivity contribution in [2.45, 2.75) is 52.4 Å². The van der Waals surface area contributed by atoms with Crippen LogP contribution in [0.15, 0.2) is 72.8 Å². The molecule has 1 atom stereocenters. The van der Waals surface area contributed by atoms with E-state index >= 15 is 0 Å². The molecule has 0 aliphatic carbocycles. The molecule has 0 saturated carbocycles. The van der Waals surface area contributed by atoms with E-state index in [2.05, 4.69) is 67.3 Å². The van der Waals surface area contributed by atoms with E-state index in [9.17, 15) is 4.39 Å². The van der Waals surface area contributed by atoms with E-state index in [1.54, 1.807) is 11.5 Å². The van der Waals surface area contributed by atoms with Gasteiger partial charge in [-0.15, -0.1) is 0 Å². The first-order valence-corrected chi connectivity index (χ1v) is 13.3. The van der Waals surface area contributed by atoms with Crippen LogP contribution in [0.1, 0.15) is 54.6 Å². The van der Waals surface area contributed by atoms with E-state index in [1.165, 1.54) is 27.5 Å². The van der Waals surface area contributed by atoms with Crippen LogP contribution < -0.4 is 0 Å². The van der Waals surface area contributed by atoms with E-state index in [1.807, 2.05) is 24.3 Å². The molecule has 0 radical (unpaired) electrons. The molecule has 4 nitrogen and oxygen atoms in total. The van der Waals surface area contributed by atoms with Gasteiger partial charge in [0.25, 0.3) is 0 Å². The summed E-state index contributed by atoms with van der Waals surface area (Å²) in [5.41, 5.74) is 7.62. The molecule has 1 aliphatic heterocycles. The average molecular weight is 493 g/mol. The Kier molecular flexibility index (Phi) is 6.25. The van der Waals surface area contributed by atoms with Gasteiger partial charge < -0.3 is 0 Å². The predicted octanol–water partition coefficient (Wildman–Crippen LogP) is 7.74. The molecule has 6 rings (SSSR count). The van der Waals surface area contributed by atoms with E-state index in [4.69, 9.17) is 9.97 Å². The number of rotatable bonds is 5. The Bertz CT molecular complexity index is 1580. The van der Waals surface area contributed by atoms with Gasteiger partial charge in [0.15, 0.2) is 6.30 Å². The molecule has 1 unspecified atom stereocenters. The first-order valence-electron chi connectivity index (χ1n) is 13.3. The van der Waals surface area contributed by atoms with Gasteiger partial charge in [-0.05, 0) is 87.5 Å². The maximum atomic E-state index is 14.6. The van der Waals surface area contributed by atoms with Crippen molar-refractivity contribution in [3.8, 4) is 11.3 Å². The number of para-hydroxylation sites is 2. The predicted molar refractivity (Wildman–Crippen MR) is 149 cm³/mol. The summed E-state index contributed by atoms with van der Waals surface area (Å²) in [5, 5.41) is 2.44. The number of hydrogen-bond donors (Lipinski definition) is 0. The summed E-state index contributed by atoms with van der Waals surface area (Å²) in [6, 6.07) is 25.3. The Morgan fingerprint density at radius 1 is 0.919 bits per heavy atom. The average Bonchev–Trinajstić information content (AvgIpc) is 3.29. The lowest BCUT2D eigenvalue weighted by atomic mass is 9.95. The van der Waals surface area contributed by atoms with Crippen molar-refractivity contribution in [2.24, 2.45) is 0 Å². The molecular formula is C32H33FN4. The zero-order valence-corrected chi connectivity index (χ0v) is 21.8. The highest BCUT2D eigenvalue weighted by Gasteiger charge is 2.27. The highest BCUT2D eigenvalue weighted by molar-refractivity contribution is 5.95. The SMILES string of the molecule is Cc1cc2cc(CN3CCC(c4nc5ccccc5n4C(C)F)CC3)ccc2c(-c2ccccc2C)n1. The van der Waals surface area contributed by atoms with Gasteiger partial charge in [-0.25, -0.2) is 9.37 Å². The molecule has 5 aromatic rings. The molecular weight excluding hydrogens is 459 g/mol. The number of likely N-dealkylation sites (tertiary alicyclic amines) is 1. The van der Waals surface area contributed by atoms with Crippen LogP contribution in [0.3, 0.4) is 0 Å². The second-order valence-electron chi connectivity index (χ2n) is 10.4. The number of imidazole rings is 1. The number of fused-ring (bicyclic) bond motifs is 2. The molecule has 3 aromatic carbocycles. The van der Waals surface area contributed by atoms with E-state index in [0.717, 1.165) is 60.7 Å². The molecule has 5 heteroatoms. The molecule has 0 bridgehead atoms. The van der Waals surface area contributed by atoms with Crippen LogP contribution in [0.25, 0.3) is 33.1 Å². The lowest BCUT2D eigenvalue weighted by molar-refractivity contribution is 0.193. The van der Waals surface area contributed by atoms with Crippen molar-refractivity contribution < 1.29 is 4.39 Å². The zero-order chi connectivity index (χ0) is 25.5. The van der Waals surface area contributed by atoms with Crippen LogP contribution in [-0.4, -0.2) is 32.5 Å². The van der Waals surface area contributed by atoms with Crippen molar-refractivity contribution in [3.63, 3.8) is 0 Å². The summed E-state index contributed by atoms with van der Waals surface area (Å²) in [6.07, 6.45) is 0.897. The highest BCUT2D eigenvalue weighted by atomic mass is 19.1. The third-order valence-corrected chi connectivity index (χ3v) is 7.76. The van der Waals surface area contributed by atoms with E-state index < -0.39 is 6.30 Å². The van der Waals surface area contributed by atoms with Crippen molar-refractivity contribution >= 4 is 21.8 Å². The minimum Gasteiger partial charge on any atom is -0.299 e. The van der Waals surface area contributed by atoms with Crippen molar-refractivity contribution in [1.82, 2.24) is 19.4 Å². The number of nitrogens with zero attached hydrogens (tertiary/aromatic N) is 4. The van der Waals surface area contributed by atoms with E-state index in [-0.39, 0.29) is 5.92 Å². The Balaban J connectivity index is 1.21. The Labute approximate surface area is 217 Å². The third kappa shape index (κ3) is 4.53. The fraction of sp³-hybridized carbons (Fsp3) is 0.312. The normalized spacial score (nSPS) is 16.0. The molecule has 188 valence electrons. The van der Waals surface area contributed by atoms with Crippen LogP contribution in [-0.2, 0) is 6.54 Å². The summed E-state index contributed by atoms with van der Waals surface area (Å²) in [5.74, 6) is 1.18. The molecule has 3 heterocycles. The number of aryl methyl sites for hydroxylation is 2. The van der Waals surface area contributed by atoms with Gasteiger partial charge in [0, 0.05) is 29.1 Å². The van der Waals surface area contributed by atoms with Crippen molar-refractivity contribution in [3.05, 3.63) is 95.4 Å². The maximum absolute atomic E-state index is 14.6. The number of halogens is 1. The Morgan fingerprint density at radius 3 is 2.46 bits per heavy atom. The molecule has 1 saturated heterocycles. The van der Waals surface area contributed by atoms with Crippen molar-refractivity contribution in [2.75, 3.05) is 13.1 Å². The minimum atomic E-state index is -1.08. The molecule has 1 fully saturated rings. The van der Waals surface area contributed by atoms with Crippen LogP contribution in [0.5, 0.6) is 0 Å². The number of aromatic nitrogens is 3. The number of alkyl halides is 1. The van der Waals surface area contributed by atoms with Crippen LogP contribution in [0.4, 0.5) is 4.39 Å². The van der Waals surface area contributed by atoms with Crippen LogP contribution >= 0.6 is 0 Å². The quantitative estimate of drug-likeness (QED) is 0.252. The number of hydrogen-bond acceptors (Lipinski definition) is 3. The molecule has 1 aliphatic rings. The van der Waals surface area contributed by atoms with Crippen molar-refractivity contribution in [1.29, 1.82) is 0 Å². The highest BCUT2D eigenvalue weighted by Crippen LogP contribution is 2.34. The third-order valence-electron chi connectivity index (χ3n) is 7.76. The summed E-state index contributed by atoms with van der Waals surface area (Å²) >= 11 is 0. The van der Waals surface area contributed by atoms with Gasteiger partial charge in [-0.1, -0.05) is 48.5 Å². The van der Waals surface area contributed by atoms with Crippen LogP contribution in [0.2, 0.25) is 0 Å². The standard InChI is InChI=1S/C32H33FN4/c1-21-8-4-5-9-27(21)31-28-13-12-24(19-26(28)18-22(2)34-31)20-36-16-14-25(15-17-36)32-35-29-10-6-7-11-30(29)37(32)23(3)33/h4-13,18-19,23,25H,14-17,20H2,1-3H3. The Hall–Kier alpha value is -3.57.